The number of alkyl halides is 1. The molecule has 1 aromatic carbocycles. The van der Waals surface area contributed by atoms with Crippen molar-refractivity contribution in [3.63, 3.8) is 0 Å². The van der Waals surface area contributed by atoms with Crippen molar-refractivity contribution < 1.29 is 13.9 Å². The minimum absolute atomic E-state index is 0.209. The fraction of sp³-hybridized carbons (Fsp3) is 0.538. The van der Waals surface area contributed by atoms with Gasteiger partial charge in [0, 0.05) is 32.6 Å². The number of nitrogens with zero attached hydrogens (tertiary/aromatic N) is 1. The molecule has 0 amide bonds. The Bertz CT molecular complexity index is 355. The van der Waals surface area contributed by atoms with Crippen molar-refractivity contribution in [2.45, 2.75) is 5.33 Å². The summed E-state index contributed by atoms with van der Waals surface area (Å²) in [6.45, 7) is 2.39. The highest BCUT2D eigenvalue weighted by atomic mass is 79.9. The zero-order valence-corrected chi connectivity index (χ0v) is 12.4. The van der Waals surface area contributed by atoms with Crippen molar-refractivity contribution in [2.75, 3.05) is 45.4 Å². The van der Waals surface area contributed by atoms with Crippen molar-refractivity contribution >= 4 is 21.6 Å². The van der Waals surface area contributed by atoms with E-state index >= 15 is 0 Å². The van der Waals surface area contributed by atoms with Crippen molar-refractivity contribution in [1.29, 1.82) is 0 Å². The van der Waals surface area contributed by atoms with E-state index in [2.05, 4.69) is 15.9 Å². The molecule has 1 aromatic rings. The monoisotopic (exact) mass is 319 g/mol. The Kier molecular flexibility index (Phi) is 7.23. The van der Waals surface area contributed by atoms with Crippen LogP contribution in [0.2, 0.25) is 0 Å². The van der Waals surface area contributed by atoms with Gasteiger partial charge in [-0.1, -0.05) is 28.1 Å². The lowest BCUT2D eigenvalue weighted by atomic mass is 10.1. The van der Waals surface area contributed by atoms with E-state index in [9.17, 15) is 4.39 Å². The van der Waals surface area contributed by atoms with Crippen molar-refractivity contribution in [1.82, 2.24) is 0 Å². The topological polar surface area (TPSA) is 21.7 Å². The Morgan fingerprint density at radius 2 is 1.78 bits per heavy atom. The van der Waals surface area contributed by atoms with Gasteiger partial charge in [-0.25, -0.2) is 4.39 Å². The van der Waals surface area contributed by atoms with Crippen LogP contribution in [0.4, 0.5) is 10.1 Å². The number of methoxy groups -OCH3 is 2. The van der Waals surface area contributed by atoms with Crippen LogP contribution in [0.25, 0.3) is 0 Å². The molecule has 1 rings (SSSR count). The van der Waals surface area contributed by atoms with Gasteiger partial charge in [0.2, 0.25) is 0 Å². The van der Waals surface area contributed by atoms with Crippen LogP contribution in [0.5, 0.6) is 0 Å². The van der Waals surface area contributed by atoms with Crippen LogP contribution in [-0.2, 0) is 14.8 Å². The molecular weight excluding hydrogens is 301 g/mol. The summed E-state index contributed by atoms with van der Waals surface area (Å²) in [7, 11) is 3.28. The molecule has 0 aliphatic heterocycles. The molecule has 0 aromatic heterocycles. The van der Waals surface area contributed by atoms with Gasteiger partial charge < -0.3 is 14.4 Å². The van der Waals surface area contributed by atoms with Crippen LogP contribution in [0.15, 0.2) is 18.2 Å². The molecule has 0 saturated heterocycles. The predicted octanol–water partition coefficient (Wildman–Crippen LogP) is 2.82. The van der Waals surface area contributed by atoms with Gasteiger partial charge in [-0.2, -0.15) is 0 Å². The summed E-state index contributed by atoms with van der Waals surface area (Å²) in [5, 5.41) is 0.622. The van der Waals surface area contributed by atoms with E-state index in [1.807, 2.05) is 11.0 Å². The SMILES string of the molecule is COCCN(CCOC)c1c(F)cccc1CBr. The van der Waals surface area contributed by atoms with Gasteiger partial charge in [0.05, 0.1) is 18.9 Å². The van der Waals surface area contributed by atoms with Gasteiger partial charge in [0.1, 0.15) is 5.82 Å². The standard InChI is InChI=1S/C13H19BrFNO2/c1-17-8-6-16(7-9-18-2)13-11(10-14)4-3-5-12(13)15/h3-5H,6-10H2,1-2H3. The van der Waals surface area contributed by atoms with Gasteiger partial charge in [-0.15, -0.1) is 0 Å². The van der Waals surface area contributed by atoms with Gasteiger partial charge in [0.25, 0.3) is 0 Å². The number of halogens is 2. The normalized spacial score (nSPS) is 10.7. The third-order valence-electron chi connectivity index (χ3n) is 2.66. The molecule has 0 aliphatic rings. The number of ether oxygens (including phenoxy) is 2. The maximum Gasteiger partial charge on any atom is 0.146 e. The number of hydrogen-bond acceptors (Lipinski definition) is 3. The molecule has 3 nitrogen and oxygen atoms in total. The quantitative estimate of drug-likeness (QED) is 0.688. The summed E-state index contributed by atoms with van der Waals surface area (Å²) in [6.07, 6.45) is 0. The molecule has 0 heterocycles. The fourth-order valence-corrected chi connectivity index (χ4v) is 2.21. The Hall–Kier alpha value is -0.650. The first kappa shape index (κ1) is 15.4. The van der Waals surface area contributed by atoms with Crippen LogP contribution < -0.4 is 4.90 Å². The third kappa shape index (κ3) is 4.23. The first-order chi connectivity index (χ1) is 8.74. The molecule has 0 saturated carbocycles. The van der Waals surface area contributed by atoms with Gasteiger partial charge in [-0.05, 0) is 11.6 Å². The van der Waals surface area contributed by atoms with E-state index in [0.29, 0.717) is 37.3 Å². The molecule has 0 radical (unpaired) electrons. The number of rotatable bonds is 8. The van der Waals surface area contributed by atoms with Crippen LogP contribution in [0.1, 0.15) is 5.56 Å². The minimum Gasteiger partial charge on any atom is -0.383 e. The number of anilines is 1. The zero-order valence-electron chi connectivity index (χ0n) is 10.8. The summed E-state index contributed by atoms with van der Waals surface area (Å²) >= 11 is 3.39. The van der Waals surface area contributed by atoms with E-state index < -0.39 is 0 Å². The lowest BCUT2D eigenvalue weighted by Gasteiger charge is -2.26. The Morgan fingerprint density at radius 1 is 1.17 bits per heavy atom. The second-order valence-corrected chi connectivity index (χ2v) is 4.41. The van der Waals surface area contributed by atoms with Crippen LogP contribution in [-0.4, -0.2) is 40.5 Å². The first-order valence-electron chi connectivity index (χ1n) is 5.80. The predicted molar refractivity (Wildman–Crippen MR) is 75.0 cm³/mol. The molecule has 0 atom stereocenters. The lowest BCUT2D eigenvalue weighted by Crippen LogP contribution is -2.32. The van der Waals surface area contributed by atoms with Crippen molar-refractivity contribution in [2.24, 2.45) is 0 Å². The first-order valence-corrected chi connectivity index (χ1v) is 6.93. The average molecular weight is 320 g/mol. The average Bonchev–Trinajstić information content (AvgIpc) is 2.39. The highest BCUT2D eigenvalue weighted by Crippen LogP contribution is 2.26. The minimum atomic E-state index is -0.209. The molecule has 0 aliphatic carbocycles. The number of hydrogen-bond donors (Lipinski definition) is 0. The summed E-state index contributed by atoms with van der Waals surface area (Å²) in [4.78, 5) is 1.96. The van der Waals surface area contributed by atoms with Gasteiger partial charge >= 0.3 is 0 Å². The largest absolute Gasteiger partial charge is 0.383 e. The second-order valence-electron chi connectivity index (χ2n) is 3.85. The maximum absolute atomic E-state index is 14.0. The second kappa shape index (κ2) is 8.45. The molecule has 0 bridgehead atoms. The molecule has 0 unspecified atom stereocenters. The molecule has 102 valence electrons. The summed E-state index contributed by atoms with van der Waals surface area (Å²) in [5.74, 6) is -0.209. The molecule has 0 N–H and O–H groups in total. The number of benzene rings is 1. The molecular formula is C13H19BrFNO2. The third-order valence-corrected chi connectivity index (χ3v) is 3.27. The Balaban J connectivity index is 2.94. The van der Waals surface area contributed by atoms with Crippen molar-refractivity contribution in [3.8, 4) is 0 Å². The summed E-state index contributed by atoms with van der Waals surface area (Å²) in [6, 6.07) is 5.12. The van der Waals surface area contributed by atoms with E-state index in [4.69, 9.17) is 9.47 Å². The molecule has 5 heteroatoms. The molecule has 18 heavy (non-hydrogen) atoms. The highest BCUT2D eigenvalue weighted by Gasteiger charge is 2.15. The van der Waals surface area contributed by atoms with E-state index in [1.54, 1.807) is 20.3 Å². The lowest BCUT2D eigenvalue weighted by molar-refractivity contribution is 0.190. The van der Waals surface area contributed by atoms with Gasteiger partial charge in [0.15, 0.2) is 0 Å². The smallest absolute Gasteiger partial charge is 0.146 e. The van der Waals surface area contributed by atoms with Crippen LogP contribution >= 0.6 is 15.9 Å². The Morgan fingerprint density at radius 3 is 2.28 bits per heavy atom. The fourth-order valence-electron chi connectivity index (χ4n) is 1.76. The van der Waals surface area contributed by atoms with E-state index in [1.165, 1.54) is 6.07 Å². The van der Waals surface area contributed by atoms with Crippen LogP contribution in [0, 0.1) is 5.82 Å². The zero-order chi connectivity index (χ0) is 13.4. The summed E-state index contributed by atoms with van der Waals surface area (Å²) < 4.78 is 24.1. The van der Waals surface area contributed by atoms with E-state index in [-0.39, 0.29) is 5.82 Å². The summed E-state index contributed by atoms with van der Waals surface area (Å²) in [5.41, 5.74) is 1.56. The van der Waals surface area contributed by atoms with Crippen LogP contribution in [0.3, 0.4) is 0 Å². The van der Waals surface area contributed by atoms with E-state index in [0.717, 1.165) is 5.56 Å². The number of para-hydroxylation sites is 1. The maximum atomic E-state index is 14.0. The Labute approximate surface area is 116 Å². The molecule has 0 fully saturated rings. The van der Waals surface area contributed by atoms with Crippen molar-refractivity contribution in [3.05, 3.63) is 29.6 Å². The van der Waals surface area contributed by atoms with Gasteiger partial charge in [-0.3, -0.25) is 0 Å². The highest BCUT2D eigenvalue weighted by molar-refractivity contribution is 9.08. The molecule has 0 spiro atoms.